The van der Waals surface area contributed by atoms with Crippen molar-refractivity contribution in [2.45, 2.75) is 6.92 Å². The van der Waals surface area contributed by atoms with Crippen LogP contribution in [0.25, 0.3) is 10.9 Å². The molecule has 0 radical (unpaired) electrons. The molecule has 1 aromatic heterocycles. The molecule has 0 amide bonds. The number of halogens is 2. The lowest BCUT2D eigenvalue weighted by molar-refractivity contribution is 0.0757. The molecule has 0 unspecified atom stereocenters. The van der Waals surface area contributed by atoms with Gasteiger partial charge < -0.3 is 14.2 Å². The summed E-state index contributed by atoms with van der Waals surface area (Å²) in [7, 11) is 0. The number of rotatable bonds is 8. The first kappa shape index (κ1) is 18.7. The fourth-order valence-electron chi connectivity index (χ4n) is 2.42. The van der Waals surface area contributed by atoms with Crippen LogP contribution in [0.1, 0.15) is 5.56 Å². The van der Waals surface area contributed by atoms with E-state index in [1.54, 1.807) is 0 Å². The minimum atomic E-state index is 0.346. The molecule has 0 fully saturated rings. The molecule has 0 saturated heterocycles. The zero-order valence-corrected chi connectivity index (χ0v) is 15.8. The summed E-state index contributed by atoms with van der Waals surface area (Å²) in [6, 6.07) is 11.3. The highest BCUT2D eigenvalue weighted by Gasteiger charge is 2.08. The predicted octanol–water partition coefficient (Wildman–Crippen LogP) is 4.72. The third kappa shape index (κ3) is 4.75. The van der Waals surface area contributed by atoms with Crippen LogP contribution in [-0.4, -0.2) is 36.4 Å². The molecule has 3 rings (SSSR count). The predicted molar refractivity (Wildman–Crippen MR) is 103 cm³/mol. The lowest BCUT2D eigenvalue weighted by Gasteiger charge is -2.11. The standard InChI is InChI=1S/C19H18Cl2N2O3/c1-13-10-15(20)18(16(21)11-13)25-8-6-24-7-9-26-19-14-4-2-3-5-17(14)22-12-23-19/h2-5,10-12H,6-9H2,1H3. The quantitative estimate of drug-likeness (QED) is 0.519. The van der Waals surface area contributed by atoms with Crippen molar-refractivity contribution in [1.82, 2.24) is 9.97 Å². The normalized spacial score (nSPS) is 10.9. The molecule has 136 valence electrons. The summed E-state index contributed by atoms with van der Waals surface area (Å²) < 4.78 is 16.8. The Labute approximate surface area is 161 Å². The molecule has 26 heavy (non-hydrogen) atoms. The number of nitrogens with zero attached hydrogens (tertiary/aromatic N) is 2. The van der Waals surface area contributed by atoms with Gasteiger partial charge in [-0.25, -0.2) is 9.97 Å². The Bertz CT molecular complexity index is 861. The molecule has 0 spiro atoms. The second-order valence-electron chi connectivity index (χ2n) is 5.56. The number of ether oxygens (including phenoxy) is 3. The van der Waals surface area contributed by atoms with Crippen LogP contribution in [0.2, 0.25) is 10.0 Å². The number of aryl methyl sites for hydroxylation is 1. The van der Waals surface area contributed by atoms with Gasteiger partial charge in [-0.15, -0.1) is 0 Å². The van der Waals surface area contributed by atoms with Crippen LogP contribution in [-0.2, 0) is 4.74 Å². The topological polar surface area (TPSA) is 53.5 Å². The molecule has 0 bridgehead atoms. The Morgan fingerprint density at radius 1 is 0.885 bits per heavy atom. The number of hydrogen-bond donors (Lipinski definition) is 0. The van der Waals surface area contributed by atoms with E-state index in [1.807, 2.05) is 43.3 Å². The van der Waals surface area contributed by atoms with Crippen molar-refractivity contribution in [3.05, 3.63) is 58.3 Å². The highest BCUT2D eigenvalue weighted by Crippen LogP contribution is 2.33. The molecule has 0 aliphatic carbocycles. The zero-order chi connectivity index (χ0) is 18.4. The first-order chi connectivity index (χ1) is 12.6. The van der Waals surface area contributed by atoms with E-state index in [2.05, 4.69) is 9.97 Å². The van der Waals surface area contributed by atoms with E-state index in [0.717, 1.165) is 16.5 Å². The second kappa shape index (κ2) is 9.03. The van der Waals surface area contributed by atoms with Gasteiger partial charge in [0.25, 0.3) is 0 Å². The fraction of sp³-hybridized carbons (Fsp3) is 0.263. The Morgan fingerprint density at radius 3 is 2.35 bits per heavy atom. The SMILES string of the molecule is Cc1cc(Cl)c(OCCOCCOc2ncnc3ccccc23)c(Cl)c1. The Kier molecular flexibility index (Phi) is 6.50. The van der Waals surface area contributed by atoms with Crippen LogP contribution in [0.3, 0.4) is 0 Å². The Hall–Kier alpha value is -2.08. The van der Waals surface area contributed by atoms with E-state index in [4.69, 9.17) is 37.4 Å². The summed E-state index contributed by atoms with van der Waals surface area (Å²) in [4.78, 5) is 8.36. The van der Waals surface area contributed by atoms with Gasteiger partial charge in [0.05, 0.1) is 34.2 Å². The molecule has 0 aliphatic heterocycles. The van der Waals surface area contributed by atoms with E-state index in [1.165, 1.54) is 6.33 Å². The molecule has 0 atom stereocenters. The van der Waals surface area contributed by atoms with Crippen LogP contribution in [0.15, 0.2) is 42.7 Å². The van der Waals surface area contributed by atoms with Crippen molar-refractivity contribution in [1.29, 1.82) is 0 Å². The van der Waals surface area contributed by atoms with Crippen molar-refractivity contribution in [2.24, 2.45) is 0 Å². The van der Waals surface area contributed by atoms with Crippen LogP contribution < -0.4 is 9.47 Å². The number of para-hydroxylation sites is 1. The number of hydrogen-bond acceptors (Lipinski definition) is 5. The van der Waals surface area contributed by atoms with Gasteiger partial charge in [0.1, 0.15) is 19.5 Å². The highest BCUT2D eigenvalue weighted by molar-refractivity contribution is 6.37. The van der Waals surface area contributed by atoms with E-state index in [-0.39, 0.29) is 0 Å². The van der Waals surface area contributed by atoms with Gasteiger partial charge in [0.15, 0.2) is 5.75 Å². The minimum absolute atomic E-state index is 0.346. The largest absolute Gasteiger partial charge is 0.488 e. The summed E-state index contributed by atoms with van der Waals surface area (Å²) in [6.45, 7) is 3.46. The van der Waals surface area contributed by atoms with Crippen LogP contribution in [0.4, 0.5) is 0 Å². The van der Waals surface area contributed by atoms with Gasteiger partial charge in [0.2, 0.25) is 5.88 Å². The summed E-state index contributed by atoms with van der Waals surface area (Å²) in [5.41, 5.74) is 1.83. The maximum absolute atomic E-state index is 6.13. The van der Waals surface area contributed by atoms with Gasteiger partial charge >= 0.3 is 0 Å². The maximum Gasteiger partial charge on any atom is 0.224 e. The van der Waals surface area contributed by atoms with Gasteiger partial charge in [0, 0.05) is 0 Å². The molecule has 1 heterocycles. The van der Waals surface area contributed by atoms with E-state index >= 15 is 0 Å². The van der Waals surface area contributed by atoms with Gasteiger partial charge in [-0.05, 0) is 36.8 Å². The molecule has 5 nitrogen and oxygen atoms in total. The van der Waals surface area contributed by atoms with E-state index in [0.29, 0.717) is 48.1 Å². The third-order valence-electron chi connectivity index (χ3n) is 3.59. The molecular weight excluding hydrogens is 375 g/mol. The van der Waals surface area contributed by atoms with Crippen molar-refractivity contribution >= 4 is 34.1 Å². The molecule has 0 saturated carbocycles. The van der Waals surface area contributed by atoms with Crippen molar-refractivity contribution in [2.75, 3.05) is 26.4 Å². The lowest BCUT2D eigenvalue weighted by atomic mass is 10.2. The van der Waals surface area contributed by atoms with Gasteiger partial charge in [-0.3, -0.25) is 0 Å². The van der Waals surface area contributed by atoms with Crippen LogP contribution in [0, 0.1) is 6.92 Å². The monoisotopic (exact) mass is 392 g/mol. The minimum Gasteiger partial charge on any atom is -0.488 e. The summed E-state index contributed by atoms with van der Waals surface area (Å²) in [5.74, 6) is 1.03. The molecule has 7 heteroatoms. The molecule has 3 aromatic rings. The maximum atomic E-state index is 6.13. The van der Waals surface area contributed by atoms with Gasteiger partial charge in [-0.1, -0.05) is 35.3 Å². The van der Waals surface area contributed by atoms with Crippen molar-refractivity contribution in [3.8, 4) is 11.6 Å². The average molecular weight is 393 g/mol. The first-order valence-electron chi connectivity index (χ1n) is 8.14. The van der Waals surface area contributed by atoms with Gasteiger partial charge in [-0.2, -0.15) is 0 Å². The fourth-order valence-corrected chi connectivity index (χ4v) is 3.13. The summed E-state index contributed by atoms with van der Waals surface area (Å²) >= 11 is 12.3. The molecule has 2 aromatic carbocycles. The Morgan fingerprint density at radius 2 is 1.58 bits per heavy atom. The molecule has 0 N–H and O–H groups in total. The molecular formula is C19H18Cl2N2O3. The average Bonchev–Trinajstić information content (AvgIpc) is 2.62. The summed E-state index contributed by atoms with van der Waals surface area (Å²) in [6.07, 6.45) is 1.49. The number of fused-ring (bicyclic) bond motifs is 1. The van der Waals surface area contributed by atoms with E-state index < -0.39 is 0 Å². The number of aromatic nitrogens is 2. The number of benzene rings is 2. The van der Waals surface area contributed by atoms with Crippen LogP contribution >= 0.6 is 23.2 Å². The lowest BCUT2D eigenvalue weighted by Crippen LogP contribution is -2.13. The van der Waals surface area contributed by atoms with Crippen molar-refractivity contribution in [3.63, 3.8) is 0 Å². The Balaban J connectivity index is 1.40. The van der Waals surface area contributed by atoms with Crippen molar-refractivity contribution < 1.29 is 14.2 Å². The highest BCUT2D eigenvalue weighted by atomic mass is 35.5. The van der Waals surface area contributed by atoms with E-state index in [9.17, 15) is 0 Å². The third-order valence-corrected chi connectivity index (χ3v) is 4.15. The smallest absolute Gasteiger partial charge is 0.224 e. The zero-order valence-electron chi connectivity index (χ0n) is 14.2. The second-order valence-corrected chi connectivity index (χ2v) is 6.38. The first-order valence-corrected chi connectivity index (χ1v) is 8.89. The summed E-state index contributed by atoms with van der Waals surface area (Å²) in [5, 5.41) is 1.87. The molecule has 0 aliphatic rings. The van der Waals surface area contributed by atoms with Crippen LogP contribution in [0.5, 0.6) is 11.6 Å².